The molecule has 1 heterocycles. The van der Waals surface area contributed by atoms with Crippen LogP contribution in [0.5, 0.6) is 0 Å². The van der Waals surface area contributed by atoms with Crippen molar-refractivity contribution in [1.82, 2.24) is 15.1 Å². The second-order valence-electron chi connectivity index (χ2n) is 5.03. The molecule has 1 aliphatic rings. The summed E-state index contributed by atoms with van der Waals surface area (Å²) in [5.41, 5.74) is -0.385. The van der Waals surface area contributed by atoms with Crippen LogP contribution >= 0.6 is 0 Å². The predicted octanol–water partition coefficient (Wildman–Crippen LogP) is -1.25. The molecule has 0 spiro atoms. The summed E-state index contributed by atoms with van der Waals surface area (Å²) in [5.74, 6) is -1.74. The van der Waals surface area contributed by atoms with Crippen LogP contribution in [-0.4, -0.2) is 83.8 Å². The number of nitrogens with zero attached hydrogens (tertiary/aromatic N) is 2. The molecule has 1 unspecified atom stereocenters. The first kappa shape index (κ1) is 14.9. The topological polar surface area (TPSA) is 93.1 Å². The van der Waals surface area contributed by atoms with Gasteiger partial charge in [-0.15, -0.1) is 0 Å². The normalized spacial score (nSPS) is 25.9. The Morgan fingerprint density at radius 1 is 1.39 bits per heavy atom. The fraction of sp³-hybridized carbons (Fsp3) is 0.818. The summed E-state index contributed by atoms with van der Waals surface area (Å²) < 4.78 is 0. The van der Waals surface area contributed by atoms with Crippen molar-refractivity contribution in [1.29, 1.82) is 0 Å². The second-order valence-corrected chi connectivity index (χ2v) is 5.03. The maximum Gasteiger partial charge on any atom is 0.317 e. The van der Waals surface area contributed by atoms with Gasteiger partial charge in [0.1, 0.15) is 0 Å². The van der Waals surface area contributed by atoms with Gasteiger partial charge in [0.05, 0.1) is 13.1 Å². The van der Waals surface area contributed by atoms with E-state index in [0.29, 0.717) is 26.2 Å². The van der Waals surface area contributed by atoms with Crippen LogP contribution < -0.4 is 5.32 Å². The summed E-state index contributed by atoms with van der Waals surface area (Å²) in [4.78, 5) is 25.1. The van der Waals surface area contributed by atoms with E-state index in [0.717, 1.165) is 0 Å². The van der Waals surface area contributed by atoms with E-state index in [1.807, 2.05) is 11.8 Å². The van der Waals surface area contributed by atoms with Crippen molar-refractivity contribution in [3.8, 4) is 0 Å². The molecule has 1 saturated heterocycles. The number of carboxylic acids is 2. The van der Waals surface area contributed by atoms with E-state index < -0.39 is 11.9 Å². The van der Waals surface area contributed by atoms with Gasteiger partial charge < -0.3 is 15.5 Å². The molecule has 3 N–H and O–H groups in total. The van der Waals surface area contributed by atoms with Gasteiger partial charge in [-0.05, 0) is 14.0 Å². The Balaban J connectivity index is 2.71. The van der Waals surface area contributed by atoms with Gasteiger partial charge in [0.25, 0.3) is 0 Å². The summed E-state index contributed by atoms with van der Waals surface area (Å²) in [7, 11) is 1.75. The molecule has 7 heteroatoms. The van der Waals surface area contributed by atoms with Crippen molar-refractivity contribution < 1.29 is 19.8 Å². The fourth-order valence-corrected chi connectivity index (χ4v) is 2.19. The van der Waals surface area contributed by atoms with Crippen LogP contribution in [-0.2, 0) is 9.59 Å². The van der Waals surface area contributed by atoms with E-state index in [-0.39, 0.29) is 18.6 Å². The maximum absolute atomic E-state index is 10.8. The highest BCUT2D eigenvalue weighted by molar-refractivity contribution is 5.69. The average molecular weight is 259 g/mol. The zero-order chi connectivity index (χ0) is 13.8. The molecule has 0 aromatic rings. The molecule has 0 amide bonds. The van der Waals surface area contributed by atoms with Gasteiger partial charge in [-0.2, -0.15) is 0 Å². The minimum Gasteiger partial charge on any atom is -0.480 e. The third-order valence-electron chi connectivity index (χ3n) is 3.33. The number of carbonyl (C=O) groups is 2. The van der Waals surface area contributed by atoms with Crippen LogP contribution in [0.15, 0.2) is 0 Å². The van der Waals surface area contributed by atoms with E-state index >= 15 is 0 Å². The number of rotatable bonds is 5. The van der Waals surface area contributed by atoms with Gasteiger partial charge >= 0.3 is 11.9 Å². The molecular formula is C11H21N3O4. The number of hydrogen-bond donors (Lipinski definition) is 3. The number of carboxylic acid groups (broad SMARTS) is 2. The van der Waals surface area contributed by atoms with Crippen molar-refractivity contribution in [3.63, 3.8) is 0 Å². The first-order valence-corrected chi connectivity index (χ1v) is 5.91. The summed E-state index contributed by atoms with van der Waals surface area (Å²) in [5, 5.41) is 20.9. The first-order chi connectivity index (χ1) is 8.33. The Bertz CT molecular complexity index is 323. The highest BCUT2D eigenvalue weighted by atomic mass is 16.4. The molecular weight excluding hydrogens is 238 g/mol. The standard InChI is InChI=1S/C11H21N3O4/c1-11(13(2)5-9(15)16)7-12-3-4-14(8-11)6-10(17)18/h12H,3-8H2,1-2H3,(H,15,16)(H,17,18). The Hall–Kier alpha value is -1.18. The third-order valence-corrected chi connectivity index (χ3v) is 3.33. The highest BCUT2D eigenvalue weighted by Crippen LogP contribution is 2.16. The van der Waals surface area contributed by atoms with Gasteiger partial charge in [0, 0.05) is 31.7 Å². The molecule has 0 radical (unpaired) electrons. The molecule has 0 aromatic heterocycles. The minimum atomic E-state index is -0.882. The van der Waals surface area contributed by atoms with Crippen LogP contribution in [0.2, 0.25) is 0 Å². The van der Waals surface area contributed by atoms with Crippen molar-refractivity contribution in [2.45, 2.75) is 12.5 Å². The van der Waals surface area contributed by atoms with Crippen molar-refractivity contribution >= 4 is 11.9 Å². The monoisotopic (exact) mass is 259 g/mol. The van der Waals surface area contributed by atoms with E-state index in [1.165, 1.54) is 0 Å². The summed E-state index contributed by atoms with van der Waals surface area (Å²) in [6, 6.07) is 0. The molecule has 1 atom stereocenters. The molecule has 1 aliphatic heterocycles. The van der Waals surface area contributed by atoms with Crippen LogP contribution in [0, 0.1) is 0 Å². The molecule has 0 aliphatic carbocycles. The van der Waals surface area contributed by atoms with Gasteiger partial charge in [-0.3, -0.25) is 19.4 Å². The Morgan fingerprint density at radius 3 is 2.61 bits per heavy atom. The summed E-state index contributed by atoms with van der Waals surface area (Å²) in [6.07, 6.45) is 0. The lowest BCUT2D eigenvalue weighted by molar-refractivity contribution is -0.141. The SMILES string of the molecule is CN(CC(=O)O)C1(C)CNCCN(CC(=O)O)C1. The lowest BCUT2D eigenvalue weighted by Gasteiger charge is -2.39. The lowest BCUT2D eigenvalue weighted by atomic mass is 10.00. The predicted molar refractivity (Wildman–Crippen MR) is 65.6 cm³/mol. The largest absolute Gasteiger partial charge is 0.480 e. The number of nitrogens with one attached hydrogen (secondary N) is 1. The van der Waals surface area contributed by atoms with E-state index in [2.05, 4.69) is 5.32 Å². The van der Waals surface area contributed by atoms with Crippen molar-refractivity contribution in [2.24, 2.45) is 0 Å². The third kappa shape index (κ3) is 4.25. The first-order valence-electron chi connectivity index (χ1n) is 5.91. The van der Waals surface area contributed by atoms with E-state index in [9.17, 15) is 9.59 Å². The van der Waals surface area contributed by atoms with E-state index in [4.69, 9.17) is 10.2 Å². The van der Waals surface area contributed by atoms with E-state index in [1.54, 1.807) is 11.9 Å². The quantitative estimate of drug-likeness (QED) is 0.568. The smallest absolute Gasteiger partial charge is 0.317 e. The van der Waals surface area contributed by atoms with Gasteiger partial charge in [0.15, 0.2) is 0 Å². The molecule has 1 fully saturated rings. The van der Waals surface area contributed by atoms with Crippen LogP contribution in [0.4, 0.5) is 0 Å². The molecule has 0 aromatic carbocycles. The molecule has 7 nitrogen and oxygen atoms in total. The summed E-state index contributed by atoms with van der Waals surface area (Å²) in [6.45, 7) is 4.43. The molecule has 104 valence electrons. The lowest BCUT2D eigenvalue weighted by Crippen LogP contribution is -2.56. The summed E-state index contributed by atoms with van der Waals surface area (Å²) >= 11 is 0. The molecule has 18 heavy (non-hydrogen) atoms. The zero-order valence-corrected chi connectivity index (χ0v) is 10.8. The molecule has 0 saturated carbocycles. The van der Waals surface area contributed by atoms with Gasteiger partial charge in [-0.25, -0.2) is 0 Å². The van der Waals surface area contributed by atoms with Crippen LogP contribution in [0.1, 0.15) is 6.92 Å². The number of hydrogen-bond acceptors (Lipinski definition) is 5. The van der Waals surface area contributed by atoms with Crippen LogP contribution in [0.3, 0.4) is 0 Å². The van der Waals surface area contributed by atoms with Crippen LogP contribution in [0.25, 0.3) is 0 Å². The fourth-order valence-electron chi connectivity index (χ4n) is 2.19. The highest BCUT2D eigenvalue weighted by Gasteiger charge is 2.34. The Kier molecular flexibility index (Phi) is 5.06. The van der Waals surface area contributed by atoms with Gasteiger partial charge in [0.2, 0.25) is 0 Å². The number of likely N-dealkylation sites (N-methyl/N-ethyl adjacent to an activating group) is 1. The van der Waals surface area contributed by atoms with Crippen molar-refractivity contribution in [3.05, 3.63) is 0 Å². The Morgan fingerprint density at radius 2 is 2.06 bits per heavy atom. The second kappa shape index (κ2) is 6.12. The molecule has 1 rings (SSSR count). The maximum atomic E-state index is 10.8. The minimum absolute atomic E-state index is 0.0157. The zero-order valence-electron chi connectivity index (χ0n) is 10.8. The molecule has 0 bridgehead atoms. The van der Waals surface area contributed by atoms with Crippen molar-refractivity contribution in [2.75, 3.05) is 46.3 Å². The number of aliphatic carboxylic acids is 2. The average Bonchev–Trinajstić information content (AvgIpc) is 2.39. The Labute approximate surface area is 106 Å². The van der Waals surface area contributed by atoms with Gasteiger partial charge in [-0.1, -0.05) is 0 Å².